The molecule has 21 heavy (non-hydrogen) atoms. The Morgan fingerprint density at radius 2 is 1.90 bits per heavy atom. The van der Waals surface area contributed by atoms with Gasteiger partial charge in [0.25, 0.3) is 0 Å². The number of nitrogens with one attached hydrogen (secondary N) is 1. The minimum absolute atomic E-state index is 0.148. The highest BCUT2D eigenvalue weighted by Crippen LogP contribution is 2.34. The van der Waals surface area contributed by atoms with Crippen molar-refractivity contribution in [3.63, 3.8) is 0 Å². The van der Waals surface area contributed by atoms with E-state index in [-0.39, 0.29) is 6.04 Å². The summed E-state index contributed by atoms with van der Waals surface area (Å²) in [6.07, 6.45) is 0.968. The SMILES string of the molecule is CCCOc1ccccc1C(NN)c1cc(Br)ccc1Br. The highest BCUT2D eigenvalue weighted by molar-refractivity contribution is 9.11. The third kappa shape index (κ3) is 4.07. The van der Waals surface area contributed by atoms with Crippen LogP contribution < -0.4 is 16.0 Å². The van der Waals surface area contributed by atoms with E-state index in [0.29, 0.717) is 6.61 Å². The molecule has 0 aliphatic carbocycles. The van der Waals surface area contributed by atoms with Crippen LogP contribution in [0.3, 0.4) is 0 Å². The van der Waals surface area contributed by atoms with Crippen LogP contribution in [-0.4, -0.2) is 6.61 Å². The van der Waals surface area contributed by atoms with E-state index in [0.717, 1.165) is 32.2 Å². The Hall–Kier alpha value is -0.880. The lowest BCUT2D eigenvalue weighted by Crippen LogP contribution is -2.29. The van der Waals surface area contributed by atoms with Crippen molar-refractivity contribution >= 4 is 31.9 Å². The van der Waals surface area contributed by atoms with Gasteiger partial charge in [-0.3, -0.25) is 5.84 Å². The van der Waals surface area contributed by atoms with Gasteiger partial charge in [0.2, 0.25) is 0 Å². The molecule has 0 fully saturated rings. The largest absolute Gasteiger partial charge is 0.493 e. The second-order valence-corrected chi connectivity index (χ2v) is 6.42. The number of hydrazine groups is 1. The van der Waals surface area contributed by atoms with Crippen molar-refractivity contribution in [2.75, 3.05) is 6.61 Å². The molecule has 0 spiro atoms. The number of halogens is 2. The first-order valence-electron chi connectivity index (χ1n) is 6.80. The van der Waals surface area contributed by atoms with Gasteiger partial charge in [0, 0.05) is 14.5 Å². The van der Waals surface area contributed by atoms with Gasteiger partial charge in [-0.25, -0.2) is 5.43 Å². The van der Waals surface area contributed by atoms with Gasteiger partial charge in [-0.1, -0.05) is 57.0 Å². The van der Waals surface area contributed by atoms with E-state index in [9.17, 15) is 0 Å². The van der Waals surface area contributed by atoms with E-state index >= 15 is 0 Å². The van der Waals surface area contributed by atoms with E-state index in [2.05, 4.69) is 44.2 Å². The van der Waals surface area contributed by atoms with Crippen LogP contribution in [-0.2, 0) is 0 Å². The molecule has 0 heterocycles. The number of nitrogens with two attached hydrogens (primary N) is 1. The molecule has 0 aliphatic heterocycles. The Bertz CT molecular complexity index is 605. The van der Waals surface area contributed by atoms with Crippen LogP contribution in [0.2, 0.25) is 0 Å². The minimum atomic E-state index is -0.148. The molecule has 0 saturated heterocycles. The Morgan fingerprint density at radius 3 is 2.62 bits per heavy atom. The maximum Gasteiger partial charge on any atom is 0.124 e. The molecule has 3 N–H and O–H groups in total. The first-order chi connectivity index (χ1) is 10.2. The standard InChI is InChI=1S/C16H18Br2N2O/c1-2-9-21-15-6-4-3-5-12(15)16(20-19)13-10-11(17)7-8-14(13)18/h3-8,10,16,20H,2,9,19H2,1H3. The minimum Gasteiger partial charge on any atom is -0.493 e. The van der Waals surface area contributed by atoms with E-state index in [1.54, 1.807) is 0 Å². The lowest BCUT2D eigenvalue weighted by atomic mass is 9.98. The molecular weight excluding hydrogens is 396 g/mol. The van der Waals surface area contributed by atoms with Crippen molar-refractivity contribution in [2.24, 2.45) is 5.84 Å². The second-order valence-electron chi connectivity index (χ2n) is 4.65. The zero-order valence-electron chi connectivity index (χ0n) is 11.8. The molecule has 2 aromatic carbocycles. The molecule has 112 valence electrons. The predicted molar refractivity (Wildman–Crippen MR) is 93.2 cm³/mol. The summed E-state index contributed by atoms with van der Waals surface area (Å²) in [4.78, 5) is 0. The number of para-hydroxylation sites is 1. The highest BCUT2D eigenvalue weighted by Gasteiger charge is 2.19. The first kappa shape index (κ1) is 16.5. The van der Waals surface area contributed by atoms with Gasteiger partial charge in [0.1, 0.15) is 5.75 Å². The van der Waals surface area contributed by atoms with Crippen molar-refractivity contribution < 1.29 is 4.74 Å². The van der Waals surface area contributed by atoms with Crippen molar-refractivity contribution in [3.8, 4) is 5.75 Å². The number of ether oxygens (including phenoxy) is 1. The predicted octanol–water partition coefficient (Wildman–Crippen LogP) is 4.55. The lowest BCUT2D eigenvalue weighted by Gasteiger charge is -2.21. The highest BCUT2D eigenvalue weighted by atomic mass is 79.9. The summed E-state index contributed by atoms with van der Waals surface area (Å²) in [5.74, 6) is 6.67. The molecule has 1 atom stereocenters. The number of rotatable bonds is 6. The average Bonchev–Trinajstić information content (AvgIpc) is 2.50. The van der Waals surface area contributed by atoms with Crippen molar-refractivity contribution in [3.05, 3.63) is 62.5 Å². The molecule has 0 bridgehead atoms. The lowest BCUT2D eigenvalue weighted by molar-refractivity contribution is 0.311. The molecule has 0 aliphatic rings. The van der Waals surface area contributed by atoms with Crippen LogP contribution in [0.5, 0.6) is 5.75 Å². The van der Waals surface area contributed by atoms with Gasteiger partial charge in [-0.05, 0) is 36.2 Å². The fourth-order valence-corrected chi connectivity index (χ4v) is 3.00. The molecule has 0 aromatic heterocycles. The zero-order valence-corrected chi connectivity index (χ0v) is 14.9. The summed E-state index contributed by atoms with van der Waals surface area (Å²) in [5.41, 5.74) is 4.96. The quantitative estimate of drug-likeness (QED) is 0.539. The zero-order chi connectivity index (χ0) is 15.2. The molecule has 0 amide bonds. The molecule has 0 radical (unpaired) electrons. The second kappa shape index (κ2) is 7.94. The third-order valence-corrected chi connectivity index (χ3v) is 4.34. The normalized spacial score (nSPS) is 12.2. The topological polar surface area (TPSA) is 47.3 Å². The average molecular weight is 414 g/mol. The van der Waals surface area contributed by atoms with Crippen molar-refractivity contribution in [1.82, 2.24) is 5.43 Å². The maximum absolute atomic E-state index is 5.84. The molecule has 2 rings (SSSR count). The first-order valence-corrected chi connectivity index (χ1v) is 8.38. The van der Waals surface area contributed by atoms with Gasteiger partial charge in [0.15, 0.2) is 0 Å². The van der Waals surface area contributed by atoms with Crippen LogP contribution in [0.25, 0.3) is 0 Å². The summed E-state index contributed by atoms with van der Waals surface area (Å²) < 4.78 is 7.84. The molecule has 2 aromatic rings. The number of hydrogen-bond donors (Lipinski definition) is 2. The Labute approximate surface area is 142 Å². The van der Waals surface area contributed by atoms with Crippen LogP contribution in [0.1, 0.15) is 30.5 Å². The van der Waals surface area contributed by atoms with Gasteiger partial charge in [-0.2, -0.15) is 0 Å². The van der Waals surface area contributed by atoms with Gasteiger partial charge in [0.05, 0.1) is 12.6 Å². The summed E-state index contributed by atoms with van der Waals surface area (Å²) in [6.45, 7) is 2.78. The van der Waals surface area contributed by atoms with Gasteiger partial charge >= 0.3 is 0 Å². The maximum atomic E-state index is 5.84. The van der Waals surface area contributed by atoms with Crippen LogP contribution in [0, 0.1) is 0 Å². The third-order valence-electron chi connectivity index (χ3n) is 3.13. The van der Waals surface area contributed by atoms with Crippen LogP contribution >= 0.6 is 31.9 Å². The van der Waals surface area contributed by atoms with Crippen molar-refractivity contribution in [2.45, 2.75) is 19.4 Å². The fraction of sp³-hybridized carbons (Fsp3) is 0.250. The Morgan fingerprint density at radius 1 is 1.14 bits per heavy atom. The van der Waals surface area contributed by atoms with Crippen molar-refractivity contribution in [1.29, 1.82) is 0 Å². The Balaban J connectivity index is 2.44. The Kier molecular flexibility index (Phi) is 6.23. The summed E-state index contributed by atoms with van der Waals surface area (Å²) in [6, 6.07) is 13.8. The number of benzene rings is 2. The summed E-state index contributed by atoms with van der Waals surface area (Å²) >= 11 is 7.10. The summed E-state index contributed by atoms with van der Waals surface area (Å²) in [7, 11) is 0. The fourth-order valence-electron chi connectivity index (χ4n) is 2.15. The van der Waals surface area contributed by atoms with Gasteiger partial charge < -0.3 is 4.74 Å². The smallest absolute Gasteiger partial charge is 0.124 e. The summed E-state index contributed by atoms with van der Waals surface area (Å²) in [5, 5.41) is 0. The molecule has 5 heteroatoms. The monoisotopic (exact) mass is 412 g/mol. The molecule has 1 unspecified atom stereocenters. The van der Waals surface area contributed by atoms with E-state index < -0.39 is 0 Å². The number of hydrogen-bond acceptors (Lipinski definition) is 3. The van der Waals surface area contributed by atoms with E-state index in [1.807, 2.05) is 42.5 Å². The van der Waals surface area contributed by atoms with E-state index in [1.165, 1.54) is 0 Å². The van der Waals surface area contributed by atoms with Crippen LogP contribution in [0.15, 0.2) is 51.4 Å². The van der Waals surface area contributed by atoms with E-state index in [4.69, 9.17) is 10.6 Å². The molecular formula is C16H18Br2N2O. The van der Waals surface area contributed by atoms with Gasteiger partial charge in [-0.15, -0.1) is 0 Å². The molecule has 0 saturated carbocycles. The molecule has 3 nitrogen and oxygen atoms in total. The van der Waals surface area contributed by atoms with Crippen LogP contribution in [0.4, 0.5) is 0 Å².